The van der Waals surface area contributed by atoms with E-state index in [1.807, 2.05) is 6.07 Å². The van der Waals surface area contributed by atoms with Gasteiger partial charge >= 0.3 is 12.0 Å². The molecule has 5 N–H and O–H groups in total. The monoisotopic (exact) mass is 297 g/mol. The Bertz CT molecular complexity index is 514. The second kappa shape index (κ2) is 7.88. The summed E-state index contributed by atoms with van der Waals surface area (Å²) in [6, 6.07) is 0.0714. The van der Waals surface area contributed by atoms with Crippen LogP contribution >= 0.6 is 0 Å². The summed E-state index contributed by atoms with van der Waals surface area (Å²) in [5.41, 5.74) is 5.77. The van der Waals surface area contributed by atoms with Gasteiger partial charge in [-0.3, -0.25) is 9.48 Å². The van der Waals surface area contributed by atoms with E-state index < -0.39 is 23.9 Å². The Morgan fingerprint density at radius 3 is 2.71 bits per heavy atom. The first-order valence-corrected chi connectivity index (χ1v) is 6.42. The first kappa shape index (κ1) is 16.5. The highest BCUT2D eigenvalue weighted by molar-refractivity contribution is 5.83. The molecule has 1 rings (SSSR count). The maximum absolute atomic E-state index is 11.6. The molecule has 0 unspecified atom stereocenters. The molecule has 1 atom stereocenters. The van der Waals surface area contributed by atoms with Gasteiger partial charge in [0.05, 0.1) is 5.69 Å². The minimum absolute atomic E-state index is 0.0433. The van der Waals surface area contributed by atoms with Crippen LogP contribution in [0.15, 0.2) is 12.3 Å². The highest BCUT2D eigenvalue weighted by Gasteiger charge is 2.20. The number of carboxylic acid groups (broad SMARTS) is 1. The number of nitrogens with two attached hydrogens (primary N) is 1. The van der Waals surface area contributed by atoms with Crippen molar-refractivity contribution in [1.82, 2.24) is 20.4 Å². The van der Waals surface area contributed by atoms with Crippen molar-refractivity contribution in [2.24, 2.45) is 12.8 Å². The molecule has 0 saturated carbocycles. The van der Waals surface area contributed by atoms with Crippen molar-refractivity contribution >= 4 is 17.9 Å². The van der Waals surface area contributed by atoms with Crippen LogP contribution in [0, 0.1) is 0 Å². The predicted molar refractivity (Wildman–Crippen MR) is 73.3 cm³/mol. The Labute approximate surface area is 121 Å². The molecule has 0 aliphatic rings. The summed E-state index contributed by atoms with van der Waals surface area (Å²) in [5.74, 6) is -1.82. The molecule has 0 fully saturated rings. The number of carbonyl (C=O) groups excluding carboxylic acids is 2. The van der Waals surface area contributed by atoms with Gasteiger partial charge in [-0.15, -0.1) is 0 Å². The summed E-state index contributed by atoms with van der Waals surface area (Å²) in [6.45, 7) is 0.324. The van der Waals surface area contributed by atoms with Gasteiger partial charge in [0.15, 0.2) is 0 Å². The van der Waals surface area contributed by atoms with Crippen LogP contribution in [0.1, 0.15) is 18.5 Å². The number of rotatable bonds is 8. The molecule has 21 heavy (non-hydrogen) atoms. The molecule has 0 spiro atoms. The highest BCUT2D eigenvalue weighted by Crippen LogP contribution is 1.98. The molecule has 0 aliphatic heterocycles. The van der Waals surface area contributed by atoms with Crippen LogP contribution in [0.5, 0.6) is 0 Å². The van der Waals surface area contributed by atoms with Crippen molar-refractivity contribution in [2.75, 3.05) is 6.54 Å². The molecule has 0 radical (unpaired) electrons. The topological polar surface area (TPSA) is 139 Å². The van der Waals surface area contributed by atoms with Crippen LogP contribution in [0.4, 0.5) is 4.79 Å². The third kappa shape index (κ3) is 6.41. The van der Waals surface area contributed by atoms with E-state index in [1.165, 1.54) is 0 Å². The zero-order valence-corrected chi connectivity index (χ0v) is 11.7. The molecular weight excluding hydrogens is 278 g/mol. The minimum atomic E-state index is -1.21. The Hall–Kier alpha value is -2.58. The molecule has 9 nitrogen and oxygen atoms in total. The fourth-order valence-corrected chi connectivity index (χ4v) is 1.65. The van der Waals surface area contributed by atoms with Crippen molar-refractivity contribution in [1.29, 1.82) is 0 Å². The average Bonchev–Trinajstić information content (AvgIpc) is 2.79. The third-order valence-corrected chi connectivity index (χ3v) is 2.72. The lowest BCUT2D eigenvalue weighted by Crippen LogP contribution is -2.46. The number of nitrogens with one attached hydrogen (secondary N) is 2. The highest BCUT2D eigenvalue weighted by atomic mass is 16.4. The molecule has 1 aromatic rings. The second-order valence-electron chi connectivity index (χ2n) is 4.53. The number of carboxylic acids is 1. The van der Waals surface area contributed by atoms with Crippen molar-refractivity contribution in [3.8, 4) is 0 Å². The summed E-state index contributed by atoms with van der Waals surface area (Å²) >= 11 is 0. The van der Waals surface area contributed by atoms with Crippen LogP contribution < -0.4 is 16.4 Å². The number of carbonyl (C=O) groups is 3. The van der Waals surface area contributed by atoms with Crippen molar-refractivity contribution < 1.29 is 19.5 Å². The Morgan fingerprint density at radius 2 is 2.19 bits per heavy atom. The third-order valence-electron chi connectivity index (χ3n) is 2.72. The fourth-order valence-electron chi connectivity index (χ4n) is 1.65. The van der Waals surface area contributed by atoms with Crippen molar-refractivity contribution in [3.05, 3.63) is 18.0 Å². The largest absolute Gasteiger partial charge is 0.480 e. The van der Waals surface area contributed by atoms with Crippen LogP contribution in [0.2, 0.25) is 0 Å². The number of hydrogen-bond acceptors (Lipinski definition) is 4. The lowest BCUT2D eigenvalue weighted by molar-refractivity contribution is -0.139. The Balaban J connectivity index is 2.32. The van der Waals surface area contributed by atoms with Gasteiger partial charge in [0.25, 0.3) is 0 Å². The first-order chi connectivity index (χ1) is 9.88. The van der Waals surface area contributed by atoms with Gasteiger partial charge in [-0.05, 0) is 12.5 Å². The first-order valence-electron chi connectivity index (χ1n) is 6.42. The van der Waals surface area contributed by atoms with Gasteiger partial charge in [0.1, 0.15) is 6.04 Å². The molecule has 0 bridgehead atoms. The maximum atomic E-state index is 11.6. The summed E-state index contributed by atoms with van der Waals surface area (Å²) in [5, 5.41) is 17.9. The SMILES string of the molecule is Cn1ccc(CCNC(=O)N[C@@H](CCC(N)=O)C(=O)O)n1. The molecular formula is C12H19N5O4. The van der Waals surface area contributed by atoms with Crippen LogP contribution in [0.25, 0.3) is 0 Å². The fraction of sp³-hybridized carbons (Fsp3) is 0.500. The molecule has 116 valence electrons. The summed E-state index contributed by atoms with van der Waals surface area (Å²) in [7, 11) is 1.79. The number of aryl methyl sites for hydroxylation is 1. The maximum Gasteiger partial charge on any atom is 0.326 e. The Kier molecular flexibility index (Phi) is 6.18. The number of nitrogens with zero attached hydrogens (tertiary/aromatic N) is 2. The van der Waals surface area contributed by atoms with Crippen LogP contribution in [0.3, 0.4) is 0 Å². The molecule has 0 saturated heterocycles. The number of urea groups is 1. The van der Waals surface area contributed by atoms with Crippen molar-refractivity contribution in [3.63, 3.8) is 0 Å². The summed E-state index contributed by atoms with van der Waals surface area (Å²) < 4.78 is 1.65. The quantitative estimate of drug-likeness (QED) is 0.486. The van der Waals surface area contributed by atoms with E-state index in [2.05, 4.69) is 15.7 Å². The van der Waals surface area contributed by atoms with E-state index >= 15 is 0 Å². The molecule has 9 heteroatoms. The number of primary amides is 1. The zero-order chi connectivity index (χ0) is 15.8. The number of aromatic nitrogens is 2. The van der Waals surface area contributed by atoms with Gasteiger partial charge in [0, 0.05) is 32.6 Å². The van der Waals surface area contributed by atoms with Gasteiger partial charge in [-0.1, -0.05) is 0 Å². The molecule has 1 heterocycles. The lowest BCUT2D eigenvalue weighted by atomic mass is 10.1. The van der Waals surface area contributed by atoms with Gasteiger partial charge < -0.3 is 21.5 Å². The molecule has 0 aliphatic carbocycles. The zero-order valence-electron chi connectivity index (χ0n) is 11.7. The standard InChI is InChI=1S/C12H19N5O4/c1-17-7-5-8(16-17)4-6-14-12(21)15-9(11(19)20)2-3-10(13)18/h5,7,9H,2-4,6H2,1H3,(H2,13,18)(H,19,20)(H2,14,15,21)/t9-/m0/s1. The van der Waals surface area contributed by atoms with E-state index in [4.69, 9.17) is 10.8 Å². The van der Waals surface area contributed by atoms with E-state index in [-0.39, 0.29) is 12.8 Å². The molecule has 1 aromatic heterocycles. The van der Waals surface area contributed by atoms with Gasteiger partial charge in [-0.2, -0.15) is 5.10 Å². The van der Waals surface area contributed by atoms with Gasteiger partial charge in [-0.25, -0.2) is 9.59 Å². The Morgan fingerprint density at radius 1 is 1.48 bits per heavy atom. The van der Waals surface area contributed by atoms with Gasteiger partial charge in [0.2, 0.25) is 5.91 Å². The predicted octanol–water partition coefficient (Wildman–Crippen LogP) is -1.02. The number of aliphatic carboxylic acids is 1. The average molecular weight is 297 g/mol. The number of hydrogen-bond donors (Lipinski definition) is 4. The van der Waals surface area contributed by atoms with Crippen molar-refractivity contribution in [2.45, 2.75) is 25.3 Å². The molecule has 3 amide bonds. The smallest absolute Gasteiger partial charge is 0.326 e. The second-order valence-corrected chi connectivity index (χ2v) is 4.53. The van der Waals surface area contributed by atoms with E-state index in [9.17, 15) is 14.4 Å². The molecule has 0 aromatic carbocycles. The van der Waals surface area contributed by atoms with E-state index in [1.54, 1.807) is 17.9 Å². The van der Waals surface area contributed by atoms with Crippen LogP contribution in [-0.4, -0.2) is 45.4 Å². The van der Waals surface area contributed by atoms with E-state index in [0.29, 0.717) is 13.0 Å². The van der Waals surface area contributed by atoms with E-state index in [0.717, 1.165) is 5.69 Å². The lowest BCUT2D eigenvalue weighted by Gasteiger charge is -2.14. The normalized spacial score (nSPS) is 11.7. The van der Waals surface area contributed by atoms with Crippen LogP contribution in [-0.2, 0) is 23.1 Å². The summed E-state index contributed by atoms with van der Waals surface area (Å²) in [4.78, 5) is 33.1. The minimum Gasteiger partial charge on any atom is -0.480 e. The summed E-state index contributed by atoms with van der Waals surface area (Å²) in [6.07, 6.45) is 2.18. The number of amides is 3.